The van der Waals surface area contributed by atoms with Gasteiger partial charge in [-0.2, -0.15) is 0 Å². The topological polar surface area (TPSA) is 111 Å². The minimum atomic E-state index is -0.705. The summed E-state index contributed by atoms with van der Waals surface area (Å²) in [5, 5.41) is 0. The third kappa shape index (κ3) is 8.45. The van der Waals surface area contributed by atoms with Crippen molar-refractivity contribution >= 4 is 23.8 Å². The summed E-state index contributed by atoms with van der Waals surface area (Å²) in [6.07, 6.45) is -0.470. The molecule has 2 rings (SSSR count). The molecule has 0 saturated carbocycles. The lowest BCUT2D eigenvalue weighted by Gasteiger charge is -2.25. The zero-order valence-electron chi connectivity index (χ0n) is 18.8. The molecule has 0 bridgehead atoms. The Kier molecular flexibility index (Phi) is 8.67. The van der Waals surface area contributed by atoms with Crippen LogP contribution in [0.25, 0.3) is 0 Å². The summed E-state index contributed by atoms with van der Waals surface area (Å²) in [6, 6.07) is 7.00. The number of hydrogen-bond donors (Lipinski definition) is 1. The fourth-order valence-electron chi connectivity index (χ4n) is 2.97. The number of hydrogen-bond acceptors (Lipinski definition) is 7. The maximum absolute atomic E-state index is 12.9. The fourth-order valence-corrected chi connectivity index (χ4v) is 2.97. The van der Waals surface area contributed by atoms with Gasteiger partial charge in [-0.3, -0.25) is 4.79 Å². The molecule has 0 aromatic heterocycles. The normalized spacial score (nSPS) is 15.9. The van der Waals surface area contributed by atoms with Gasteiger partial charge in [-0.05, 0) is 44.9 Å². The molecule has 0 radical (unpaired) electrons. The molecule has 9 heteroatoms. The lowest BCUT2D eigenvalue weighted by Crippen LogP contribution is -2.39. The molecule has 1 saturated heterocycles. The van der Waals surface area contributed by atoms with Gasteiger partial charge in [0.15, 0.2) is 0 Å². The lowest BCUT2D eigenvalue weighted by atomic mass is 10.2. The fraction of sp³-hybridized carbons (Fsp3) is 0.591. The van der Waals surface area contributed by atoms with Gasteiger partial charge in [0.25, 0.3) is 0 Å². The van der Waals surface area contributed by atoms with Crippen LogP contribution in [0.1, 0.15) is 45.6 Å². The van der Waals surface area contributed by atoms with E-state index in [1.54, 1.807) is 52.1 Å². The van der Waals surface area contributed by atoms with Crippen LogP contribution < -0.4 is 5.73 Å². The van der Waals surface area contributed by atoms with Crippen molar-refractivity contribution in [2.24, 2.45) is 0 Å². The van der Waals surface area contributed by atoms with Crippen LogP contribution >= 0.6 is 0 Å². The number of ether oxygens (including phenoxy) is 3. The monoisotopic (exact) mass is 435 g/mol. The molecule has 1 atom stereocenters. The van der Waals surface area contributed by atoms with Crippen LogP contribution in [-0.2, 0) is 25.5 Å². The average molecular weight is 436 g/mol. The number of carbonyl (C=O) groups is 3. The minimum Gasteiger partial charge on any atom is -0.444 e. The van der Waals surface area contributed by atoms with E-state index in [0.717, 1.165) is 10.5 Å². The zero-order chi connectivity index (χ0) is 23.0. The predicted molar refractivity (Wildman–Crippen MR) is 115 cm³/mol. The van der Waals surface area contributed by atoms with E-state index in [0.29, 0.717) is 38.3 Å². The standard InChI is InChI=1S/C22H33N3O6/c1-22(2,3)31-20(27)24(4)11-6-9-19(26)25(14-16-7-5-8-17(23)13-16)21(28)30-18-10-12-29-15-18/h5,7-8,13,18H,6,9-12,14-15,23H2,1-4H3. The third-order valence-electron chi connectivity index (χ3n) is 4.56. The first kappa shape index (κ1) is 24.5. The second kappa shape index (κ2) is 11.0. The van der Waals surface area contributed by atoms with E-state index < -0.39 is 17.8 Å². The zero-order valence-corrected chi connectivity index (χ0v) is 18.8. The van der Waals surface area contributed by atoms with Crippen molar-refractivity contribution in [2.75, 3.05) is 32.5 Å². The molecule has 3 amide bonds. The molecule has 0 spiro atoms. The van der Waals surface area contributed by atoms with Gasteiger partial charge in [-0.15, -0.1) is 0 Å². The molecule has 1 aromatic carbocycles. The summed E-state index contributed by atoms with van der Waals surface area (Å²) in [6.45, 7) is 6.59. The van der Waals surface area contributed by atoms with Gasteiger partial charge >= 0.3 is 12.2 Å². The van der Waals surface area contributed by atoms with Crippen molar-refractivity contribution in [3.8, 4) is 0 Å². The second-order valence-corrected chi connectivity index (χ2v) is 8.60. The van der Waals surface area contributed by atoms with E-state index in [9.17, 15) is 14.4 Å². The van der Waals surface area contributed by atoms with E-state index in [4.69, 9.17) is 19.9 Å². The largest absolute Gasteiger partial charge is 0.444 e. The van der Waals surface area contributed by atoms with E-state index in [1.165, 1.54) is 4.90 Å². The smallest absolute Gasteiger partial charge is 0.417 e. The van der Waals surface area contributed by atoms with Crippen LogP contribution in [-0.4, -0.2) is 66.4 Å². The summed E-state index contributed by atoms with van der Waals surface area (Å²) >= 11 is 0. The molecule has 172 valence electrons. The summed E-state index contributed by atoms with van der Waals surface area (Å²) in [5.41, 5.74) is 6.49. The Hall–Kier alpha value is -2.81. The Bertz CT molecular complexity index is 771. The third-order valence-corrected chi connectivity index (χ3v) is 4.56. The van der Waals surface area contributed by atoms with Crippen LogP contribution in [0.4, 0.5) is 15.3 Å². The first-order chi connectivity index (χ1) is 14.5. The molecular weight excluding hydrogens is 402 g/mol. The Labute approximate surface area is 183 Å². The number of nitrogen functional groups attached to an aromatic ring is 1. The van der Waals surface area contributed by atoms with E-state index in [-0.39, 0.29) is 25.0 Å². The average Bonchev–Trinajstić information content (AvgIpc) is 3.17. The van der Waals surface area contributed by atoms with Crippen molar-refractivity contribution in [3.05, 3.63) is 29.8 Å². The van der Waals surface area contributed by atoms with Crippen molar-refractivity contribution in [1.82, 2.24) is 9.80 Å². The van der Waals surface area contributed by atoms with Crippen molar-refractivity contribution in [3.63, 3.8) is 0 Å². The highest BCUT2D eigenvalue weighted by atomic mass is 16.6. The van der Waals surface area contributed by atoms with Crippen LogP contribution in [0, 0.1) is 0 Å². The highest BCUT2D eigenvalue weighted by Crippen LogP contribution is 2.16. The van der Waals surface area contributed by atoms with Gasteiger partial charge in [-0.1, -0.05) is 12.1 Å². The maximum Gasteiger partial charge on any atom is 0.417 e. The molecule has 1 aromatic rings. The number of nitrogens with zero attached hydrogens (tertiary/aromatic N) is 2. The van der Waals surface area contributed by atoms with Crippen molar-refractivity contribution in [2.45, 2.75) is 58.3 Å². The maximum atomic E-state index is 12.9. The number of nitrogens with two attached hydrogens (primary N) is 1. The molecule has 1 heterocycles. The van der Waals surface area contributed by atoms with Gasteiger partial charge in [0.2, 0.25) is 5.91 Å². The van der Waals surface area contributed by atoms with Gasteiger partial charge in [0, 0.05) is 32.1 Å². The SMILES string of the molecule is CN(CCCC(=O)N(Cc1cccc(N)c1)C(=O)OC1CCOC1)C(=O)OC(C)(C)C. The Morgan fingerprint density at radius 1 is 1.23 bits per heavy atom. The van der Waals surface area contributed by atoms with Gasteiger partial charge in [0.1, 0.15) is 11.7 Å². The molecule has 9 nitrogen and oxygen atoms in total. The van der Waals surface area contributed by atoms with Gasteiger partial charge in [-0.25, -0.2) is 14.5 Å². The van der Waals surface area contributed by atoms with Gasteiger partial charge < -0.3 is 24.8 Å². The number of rotatable bonds is 7. The summed E-state index contributed by atoms with van der Waals surface area (Å²) in [7, 11) is 1.61. The number of amides is 3. The lowest BCUT2D eigenvalue weighted by molar-refractivity contribution is -0.130. The van der Waals surface area contributed by atoms with Crippen LogP contribution in [0.15, 0.2) is 24.3 Å². The summed E-state index contributed by atoms with van der Waals surface area (Å²) < 4.78 is 16.0. The van der Waals surface area contributed by atoms with Crippen molar-refractivity contribution in [1.29, 1.82) is 0 Å². The Balaban J connectivity index is 1.96. The van der Waals surface area contributed by atoms with Crippen molar-refractivity contribution < 1.29 is 28.6 Å². The Morgan fingerprint density at radius 2 is 1.97 bits per heavy atom. The van der Waals surface area contributed by atoms with Crippen LogP contribution in [0.3, 0.4) is 0 Å². The molecule has 1 fully saturated rings. The predicted octanol–water partition coefficient (Wildman–Crippen LogP) is 3.17. The number of anilines is 1. The van der Waals surface area contributed by atoms with E-state index >= 15 is 0 Å². The number of imide groups is 1. The first-order valence-corrected chi connectivity index (χ1v) is 10.4. The van der Waals surface area contributed by atoms with E-state index in [1.807, 2.05) is 0 Å². The quantitative estimate of drug-likeness (QED) is 0.655. The molecule has 1 unspecified atom stereocenters. The molecule has 1 aliphatic heterocycles. The van der Waals surface area contributed by atoms with Crippen LogP contribution in [0.2, 0.25) is 0 Å². The number of benzene rings is 1. The molecule has 1 aliphatic rings. The molecule has 2 N–H and O–H groups in total. The molecule has 0 aliphatic carbocycles. The molecule has 31 heavy (non-hydrogen) atoms. The molecular formula is C22H33N3O6. The summed E-state index contributed by atoms with van der Waals surface area (Å²) in [5.74, 6) is -0.385. The van der Waals surface area contributed by atoms with Gasteiger partial charge in [0.05, 0.1) is 19.8 Å². The highest BCUT2D eigenvalue weighted by Gasteiger charge is 2.28. The van der Waals surface area contributed by atoms with Crippen LogP contribution in [0.5, 0.6) is 0 Å². The summed E-state index contributed by atoms with van der Waals surface area (Å²) in [4.78, 5) is 40.1. The first-order valence-electron chi connectivity index (χ1n) is 10.4. The Morgan fingerprint density at radius 3 is 2.58 bits per heavy atom. The minimum absolute atomic E-state index is 0.0538. The number of carbonyl (C=O) groups excluding carboxylic acids is 3. The second-order valence-electron chi connectivity index (χ2n) is 8.60. The highest BCUT2D eigenvalue weighted by molar-refractivity contribution is 5.92. The van der Waals surface area contributed by atoms with E-state index in [2.05, 4.69) is 0 Å².